The van der Waals surface area contributed by atoms with Gasteiger partial charge in [-0.15, -0.1) is 0 Å². The number of urea groups is 1. The molecular weight excluding hydrogens is 390 g/mol. The molecule has 0 aliphatic rings. The molecule has 130 valence electrons. The highest BCUT2D eigenvalue weighted by Crippen LogP contribution is 2.18. The largest absolute Gasteiger partial charge is 0.338 e. The molecule has 25 heavy (non-hydrogen) atoms. The maximum atomic E-state index is 12.3. The molecule has 0 unspecified atom stereocenters. The molecule has 1 aromatic carbocycles. The molecule has 0 aliphatic heterocycles. The number of nitrogens with one attached hydrogen (secondary N) is 4. The summed E-state index contributed by atoms with van der Waals surface area (Å²) < 4.78 is 0.417. The van der Waals surface area contributed by atoms with Gasteiger partial charge in [-0.3, -0.25) is 25.8 Å². The van der Waals surface area contributed by atoms with Gasteiger partial charge in [0.05, 0.1) is 5.56 Å². The second kappa shape index (κ2) is 8.78. The number of benzene rings is 1. The fourth-order valence-electron chi connectivity index (χ4n) is 1.84. The second-order valence-corrected chi connectivity index (χ2v) is 5.66. The Hall–Kier alpha value is -2.94. The van der Waals surface area contributed by atoms with E-state index >= 15 is 0 Å². The third-order valence-electron chi connectivity index (χ3n) is 3.00. The molecule has 1 aromatic heterocycles. The van der Waals surface area contributed by atoms with Crippen molar-refractivity contribution in [3.8, 4) is 0 Å². The summed E-state index contributed by atoms with van der Waals surface area (Å²) in [6, 6.07) is 9.43. The molecule has 2 rings (SSSR count). The molecule has 0 saturated carbocycles. The van der Waals surface area contributed by atoms with E-state index in [-0.39, 0.29) is 11.4 Å². The Morgan fingerprint density at radius 1 is 1.08 bits per heavy atom. The normalized spacial score (nSPS) is 9.84. The first-order chi connectivity index (χ1) is 12.0. The van der Waals surface area contributed by atoms with Gasteiger partial charge in [0.2, 0.25) is 0 Å². The van der Waals surface area contributed by atoms with Crippen molar-refractivity contribution in [2.75, 3.05) is 11.9 Å². The van der Waals surface area contributed by atoms with Crippen molar-refractivity contribution in [1.29, 1.82) is 0 Å². The Morgan fingerprint density at radius 2 is 1.76 bits per heavy atom. The van der Waals surface area contributed by atoms with E-state index < -0.39 is 17.8 Å². The van der Waals surface area contributed by atoms with Gasteiger partial charge in [-0.25, -0.2) is 9.78 Å². The van der Waals surface area contributed by atoms with Crippen LogP contribution in [-0.4, -0.2) is 29.4 Å². The predicted octanol–water partition coefficient (Wildman–Crippen LogP) is 2.06. The van der Waals surface area contributed by atoms with Crippen molar-refractivity contribution < 1.29 is 14.4 Å². The van der Waals surface area contributed by atoms with Crippen LogP contribution < -0.4 is 21.5 Å². The zero-order chi connectivity index (χ0) is 18.2. The number of anilines is 1. The Balaban J connectivity index is 2.03. The lowest BCUT2D eigenvalue weighted by atomic mass is 10.2. The van der Waals surface area contributed by atoms with Gasteiger partial charge < -0.3 is 5.32 Å². The lowest BCUT2D eigenvalue weighted by molar-refractivity contribution is 0.0846. The van der Waals surface area contributed by atoms with E-state index in [2.05, 4.69) is 42.4 Å². The van der Waals surface area contributed by atoms with Crippen LogP contribution in [0.4, 0.5) is 10.6 Å². The summed E-state index contributed by atoms with van der Waals surface area (Å²) >= 11 is 3.22. The number of pyridine rings is 1. The molecule has 1 heterocycles. The summed E-state index contributed by atoms with van der Waals surface area (Å²) in [5, 5.41) is 5.06. The third kappa shape index (κ3) is 5.28. The molecule has 4 N–H and O–H groups in total. The van der Waals surface area contributed by atoms with Crippen molar-refractivity contribution in [1.82, 2.24) is 21.2 Å². The van der Waals surface area contributed by atoms with Gasteiger partial charge in [-0.1, -0.05) is 18.2 Å². The summed E-state index contributed by atoms with van der Waals surface area (Å²) in [6.07, 6.45) is 1.38. The van der Waals surface area contributed by atoms with E-state index in [1.54, 1.807) is 37.3 Å². The summed E-state index contributed by atoms with van der Waals surface area (Å²) in [5.41, 5.74) is 5.26. The van der Waals surface area contributed by atoms with Gasteiger partial charge in [0.25, 0.3) is 11.8 Å². The Labute approximate surface area is 152 Å². The highest BCUT2D eigenvalue weighted by molar-refractivity contribution is 9.10. The van der Waals surface area contributed by atoms with Crippen LogP contribution in [0.15, 0.2) is 47.1 Å². The van der Waals surface area contributed by atoms with Crippen LogP contribution in [0.25, 0.3) is 0 Å². The van der Waals surface area contributed by atoms with Gasteiger partial charge in [0, 0.05) is 22.8 Å². The first kappa shape index (κ1) is 18.4. The lowest BCUT2D eigenvalue weighted by Crippen LogP contribution is -2.41. The van der Waals surface area contributed by atoms with E-state index in [1.807, 2.05) is 0 Å². The van der Waals surface area contributed by atoms with E-state index in [4.69, 9.17) is 0 Å². The van der Waals surface area contributed by atoms with Gasteiger partial charge in [-0.2, -0.15) is 0 Å². The topological polar surface area (TPSA) is 112 Å². The lowest BCUT2D eigenvalue weighted by Gasteiger charge is -2.10. The molecule has 4 amide bonds. The minimum Gasteiger partial charge on any atom is -0.338 e. The standard InChI is InChI=1S/C16H16BrN5O3/c1-2-18-16(25)20-13-8-11(12(17)9-19-13)15(24)22-21-14(23)10-6-4-3-5-7-10/h3-9H,2H2,1H3,(H,21,23)(H,22,24)(H2,18,19,20,25). The number of carbonyl (C=O) groups is 3. The average Bonchev–Trinajstić information content (AvgIpc) is 2.62. The first-order valence-corrected chi connectivity index (χ1v) is 8.16. The van der Waals surface area contributed by atoms with Gasteiger partial charge in [0.15, 0.2) is 0 Å². The van der Waals surface area contributed by atoms with E-state index in [0.717, 1.165) is 0 Å². The predicted molar refractivity (Wildman–Crippen MR) is 96.0 cm³/mol. The molecule has 2 aromatic rings. The number of nitrogens with zero attached hydrogens (tertiary/aromatic N) is 1. The first-order valence-electron chi connectivity index (χ1n) is 7.37. The molecule has 0 atom stereocenters. The summed E-state index contributed by atoms with van der Waals surface area (Å²) in [4.78, 5) is 39.7. The zero-order valence-corrected chi connectivity index (χ0v) is 14.9. The van der Waals surface area contributed by atoms with Crippen molar-refractivity contribution in [2.24, 2.45) is 0 Å². The van der Waals surface area contributed by atoms with Crippen LogP contribution in [0.1, 0.15) is 27.6 Å². The molecule has 0 bridgehead atoms. The van der Waals surface area contributed by atoms with Crippen molar-refractivity contribution in [3.05, 3.63) is 58.2 Å². The summed E-state index contributed by atoms with van der Waals surface area (Å²) in [5.74, 6) is -0.800. The Kier molecular flexibility index (Phi) is 6.47. The number of halogens is 1. The molecule has 9 heteroatoms. The fourth-order valence-corrected chi connectivity index (χ4v) is 2.24. The molecule has 0 radical (unpaired) electrons. The molecule has 8 nitrogen and oxygen atoms in total. The molecule has 0 aliphatic carbocycles. The summed E-state index contributed by atoms with van der Waals surface area (Å²) in [6.45, 7) is 2.24. The fraction of sp³-hybridized carbons (Fsp3) is 0.125. The number of hydrogen-bond acceptors (Lipinski definition) is 4. The van der Waals surface area contributed by atoms with Gasteiger partial charge in [0.1, 0.15) is 5.82 Å². The van der Waals surface area contributed by atoms with E-state index in [0.29, 0.717) is 16.6 Å². The molecule has 0 fully saturated rings. The maximum Gasteiger partial charge on any atom is 0.320 e. The second-order valence-electron chi connectivity index (χ2n) is 4.81. The van der Waals surface area contributed by atoms with E-state index in [1.165, 1.54) is 12.3 Å². The number of amides is 4. The van der Waals surface area contributed by atoms with Crippen LogP contribution in [0.2, 0.25) is 0 Å². The van der Waals surface area contributed by atoms with Crippen LogP contribution in [0.3, 0.4) is 0 Å². The number of hydrogen-bond donors (Lipinski definition) is 4. The zero-order valence-electron chi connectivity index (χ0n) is 13.3. The third-order valence-corrected chi connectivity index (χ3v) is 3.64. The number of rotatable bonds is 4. The van der Waals surface area contributed by atoms with E-state index in [9.17, 15) is 14.4 Å². The number of aromatic nitrogens is 1. The Morgan fingerprint density at radius 3 is 2.44 bits per heavy atom. The number of hydrazine groups is 1. The molecule has 0 saturated heterocycles. The highest BCUT2D eigenvalue weighted by atomic mass is 79.9. The van der Waals surface area contributed by atoms with Crippen molar-refractivity contribution in [3.63, 3.8) is 0 Å². The SMILES string of the molecule is CCNC(=O)Nc1cc(C(=O)NNC(=O)c2ccccc2)c(Br)cn1. The monoisotopic (exact) mass is 405 g/mol. The Bertz CT molecular complexity index is 783. The maximum absolute atomic E-state index is 12.3. The quantitative estimate of drug-likeness (QED) is 0.583. The molecular formula is C16H16BrN5O3. The minimum absolute atomic E-state index is 0.202. The molecule has 0 spiro atoms. The van der Waals surface area contributed by atoms with Crippen LogP contribution in [0, 0.1) is 0 Å². The minimum atomic E-state index is -0.558. The summed E-state index contributed by atoms with van der Waals surface area (Å²) in [7, 11) is 0. The van der Waals surface area contributed by atoms with Gasteiger partial charge >= 0.3 is 6.03 Å². The number of carbonyl (C=O) groups excluding carboxylic acids is 3. The average molecular weight is 406 g/mol. The smallest absolute Gasteiger partial charge is 0.320 e. The van der Waals surface area contributed by atoms with Crippen molar-refractivity contribution >= 4 is 39.6 Å². The van der Waals surface area contributed by atoms with Crippen LogP contribution in [0.5, 0.6) is 0 Å². The van der Waals surface area contributed by atoms with Crippen LogP contribution in [-0.2, 0) is 0 Å². The van der Waals surface area contributed by atoms with Crippen LogP contribution >= 0.6 is 15.9 Å². The highest BCUT2D eigenvalue weighted by Gasteiger charge is 2.14. The van der Waals surface area contributed by atoms with Gasteiger partial charge in [-0.05, 0) is 41.1 Å². The van der Waals surface area contributed by atoms with Crippen molar-refractivity contribution in [2.45, 2.75) is 6.92 Å².